The normalized spacial score (nSPS) is 34.1. The van der Waals surface area contributed by atoms with E-state index in [4.69, 9.17) is 18.9 Å². The van der Waals surface area contributed by atoms with Crippen molar-refractivity contribution >= 4 is 29.7 Å². The average molecular weight is 581 g/mol. The fourth-order valence-electron chi connectivity index (χ4n) is 6.90. The molecular weight excluding hydrogens is 540 g/mol. The maximum Gasteiger partial charge on any atom is 0.338 e. The minimum Gasteiger partial charge on any atom is -0.461 e. The SMILES string of the molecule is CC(=O)OC/C1=C\C[C@H]2[C@@H](/C=C(\C)C(=O)[C@@]3(OC(C)=O)C[C@H](C)[C@H](OC(=O)c4ccccc4)[C@@H]3[C@H]1OC(C)=O)C2(C)C. The van der Waals surface area contributed by atoms with E-state index in [1.165, 1.54) is 20.8 Å². The maximum atomic E-state index is 14.5. The summed E-state index contributed by atoms with van der Waals surface area (Å²) in [5.41, 5.74) is -0.761. The summed E-state index contributed by atoms with van der Waals surface area (Å²) in [5, 5.41) is 0. The van der Waals surface area contributed by atoms with Gasteiger partial charge in [0.15, 0.2) is 5.60 Å². The summed E-state index contributed by atoms with van der Waals surface area (Å²) in [7, 11) is 0. The van der Waals surface area contributed by atoms with Gasteiger partial charge in [-0.3, -0.25) is 19.2 Å². The number of Topliss-reactive ketones (excluding diaryl/α,β-unsaturated/α-hetero) is 1. The third-order valence-electron chi connectivity index (χ3n) is 9.03. The first-order chi connectivity index (χ1) is 19.7. The Hall–Kier alpha value is -3.75. The molecule has 2 saturated carbocycles. The molecule has 0 unspecified atom stereocenters. The highest BCUT2D eigenvalue weighted by Gasteiger charge is 2.65. The van der Waals surface area contributed by atoms with Gasteiger partial charge in [-0.05, 0) is 54.2 Å². The van der Waals surface area contributed by atoms with Crippen molar-refractivity contribution in [2.75, 3.05) is 6.61 Å². The molecule has 0 aliphatic heterocycles. The summed E-state index contributed by atoms with van der Waals surface area (Å²) < 4.78 is 23.4. The molecule has 0 radical (unpaired) electrons. The molecule has 9 nitrogen and oxygen atoms in total. The van der Waals surface area contributed by atoms with Crippen molar-refractivity contribution in [1.29, 1.82) is 0 Å². The van der Waals surface area contributed by atoms with E-state index in [1.54, 1.807) is 44.2 Å². The molecular formula is C33H40O9. The number of rotatable bonds is 6. The van der Waals surface area contributed by atoms with Gasteiger partial charge in [-0.2, -0.15) is 0 Å². The van der Waals surface area contributed by atoms with Gasteiger partial charge in [-0.25, -0.2) is 4.79 Å². The number of hydrogen-bond donors (Lipinski definition) is 0. The van der Waals surface area contributed by atoms with Crippen molar-refractivity contribution in [1.82, 2.24) is 0 Å². The van der Waals surface area contributed by atoms with E-state index < -0.39 is 59.3 Å². The second-order valence-electron chi connectivity index (χ2n) is 12.4. The predicted molar refractivity (Wildman–Crippen MR) is 152 cm³/mol. The van der Waals surface area contributed by atoms with Crippen LogP contribution in [0.1, 0.15) is 71.7 Å². The Morgan fingerprint density at radius 3 is 2.21 bits per heavy atom. The molecule has 3 aliphatic rings. The Morgan fingerprint density at radius 1 is 0.952 bits per heavy atom. The Balaban J connectivity index is 1.94. The summed E-state index contributed by atoms with van der Waals surface area (Å²) >= 11 is 0. The fraction of sp³-hybridized carbons (Fsp3) is 0.545. The molecule has 1 aromatic carbocycles. The lowest BCUT2D eigenvalue weighted by Gasteiger charge is -2.40. The van der Waals surface area contributed by atoms with Gasteiger partial charge in [0.1, 0.15) is 18.8 Å². The molecule has 42 heavy (non-hydrogen) atoms. The molecule has 4 rings (SSSR count). The molecule has 0 N–H and O–H groups in total. The topological polar surface area (TPSA) is 122 Å². The number of carbonyl (C=O) groups is 5. The van der Waals surface area contributed by atoms with Crippen molar-refractivity contribution < 1.29 is 42.9 Å². The molecule has 9 heteroatoms. The van der Waals surface area contributed by atoms with E-state index in [2.05, 4.69) is 13.8 Å². The zero-order valence-corrected chi connectivity index (χ0v) is 25.3. The van der Waals surface area contributed by atoms with Crippen LogP contribution in [-0.2, 0) is 38.1 Å². The van der Waals surface area contributed by atoms with E-state index in [-0.39, 0.29) is 30.3 Å². The van der Waals surface area contributed by atoms with E-state index in [1.807, 2.05) is 12.2 Å². The highest BCUT2D eigenvalue weighted by molar-refractivity contribution is 6.03. The number of benzene rings is 1. The van der Waals surface area contributed by atoms with Gasteiger partial charge in [0.2, 0.25) is 5.78 Å². The molecule has 2 fully saturated rings. The number of allylic oxidation sites excluding steroid dienone is 2. The number of ketones is 1. The third kappa shape index (κ3) is 6.05. The minimum absolute atomic E-state index is 0.0318. The van der Waals surface area contributed by atoms with Gasteiger partial charge >= 0.3 is 23.9 Å². The highest BCUT2D eigenvalue weighted by Crippen LogP contribution is 2.62. The van der Waals surface area contributed by atoms with Gasteiger partial charge < -0.3 is 18.9 Å². The van der Waals surface area contributed by atoms with Gasteiger partial charge in [-0.15, -0.1) is 0 Å². The smallest absolute Gasteiger partial charge is 0.338 e. The van der Waals surface area contributed by atoms with Crippen molar-refractivity contribution in [3.05, 3.63) is 59.2 Å². The Morgan fingerprint density at radius 2 is 1.62 bits per heavy atom. The monoisotopic (exact) mass is 580 g/mol. The van der Waals surface area contributed by atoms with Crippen molar-refractivity contribution in [2.24, 2.45) is 29.1 Å². The number of carbonyl (C=O) groups excluding carboxylic acids is 5. The highest BCUT2D eigenvalue weighted by atomic mass is 16.6. The van der Waals surface area contributed by atoms with E-state index in [0.29, 0.717) is 23.1 Å². The first kappa shape index (κ1) is 31.2. The molecule has 0 saturated heterocycles. The standard InChI is InChI=1S/C33H40O9/c1-18-15-26-25(32(26,6)7)14-13-24(17-39-20(3)34)29(40-21(4)35)27-28(41-31(38)23-11-9-8-10-12-23)19(2)16-33(27,30(18)37)42-22(5)36/h8-13,15,19,25-29H,14,16-17H2,1-7H3/b18-15+,24-13+/t19-,25-,26+,27+,28-,29-,33+/m0/s1. The zero-order chi connectivity index (χ0) is 31.0. The van der Waals surface area contributed by atoms with Crippen LogP contribution in [0, 0.1) is 29.1 Å². The van der Waals surface area contributed by atoms with Crippen LogP contribution in [-0.4, -0.2) is 54.1 Å². The summed E-state index contributed by atoms with van der Waals surface area (Å²) in [6.07, 6.45) is 2.24. The lowest BCUT2D eigenvalue weighted by Crippen LogP contribution is -2.55. The lowest BCUT2D eigenvalue weighted by atomic mass is 9.76. The number of ether oxygens (including phenoxy) is 4. The van der Waals surface area contributed by atoms with Crippen LogP contribution in [0.3, 0.4) is 0 Å². The molecule has 7 atom stereocenters. The lowest BCUT2D eigenvalue weighted by molar-refractivity contribution is -0.179. The van der Waals surface area contributed by atoms with Gasteiger partial charge in [0.25, 0.3) is 0 Å². The van der Waals surface area contributed by atoms with E-state index in [0.717, 1.165) is 0 Å². The summed E-state index contributed by atoms with van der Waals surface area (Å²) in [6, 6.07) is 8.40. The summed E-state index contributed by atoms with van der Waals surface area (Å²) in [5.74, 6) is -4.28. The Kier molecular flexibility index (Phi) is 8.81. The van der Waals surface area contributed by atoms with Crippen LogP contribution >= 0.6 is 0 Å². The van der Waals surface area contributed by atoms with Crippen molar-refractivity contribution in [3.8, 4) is 0 Å². The molecule has 0 bridgehead atoms. The van der Waals surface area contributed by atoms with Crippen molar-refractivity contribution in [3.63, 3.8) is 0 Å². The van der Waals surface area contributed by atoms with Crippen LogP contribution in [0.15, 0.2) is 53.6 Å². The van der Waals surface area contributed by atoms with Crippen molar-refractivity contribution in [2.45, 2.75) is 79.1 Å². The van der Waals surface area contributed by atoms with Gasteiger partial charge in [0, 0.05) is 32.8 Å². The van der Waals surface area contributed by atoms with E-state index in [9.17, 15) is 24.0 Å². The quantitative estimate of drug-likeness (QED) is 0.266. The fourth-order valence-corrected chi connectivity index (χ4v) is 6.90. The first-order valence-electron chi connectivity index (χ1n) is 14.4. The molecule has 1 aromatic rings. The third-order valence-corrected chi connectivity index (χ3v) is 9.03. The predicted octanol–water partition coefficient (Wildman–Crippen LogP) is 4.78. The molecule has 0 aromatic heterocycles. The minimum atomic E-state index is -1.82. The number of fused-ring (bicyclic) bond motifs is 2. The summed E-state index contributed by atoms with van der Waals surface area (Å²) in [6.45, 7) is 11.3. The maximum absolute atomic E-state index is 14.5. The van der Waals surface area contributed by atoms with Gasteiger partial charge in [-0.1, -0.05) is 51.1 Å². The zero-order valence-electron chi connectivity index (χ0n) is 25.3. The summed E-state index contributed by atoms with van der Waals surface area (Å²) in [4.78, 5) is 65.1. The van der Waals surface area contributed by atoms with Crippen LogP contribution in [0.25, 0.3) is 0 Å². The molecule has 0 heterocycles. The number of hydrogen-bond acceptors (Lipinski definition) is 9. The molecule has 3 aliphatic carbocycles. The van der Waals surface area contributed by atoms with E-state index >= 15 is 0 Å². The first-order valence-corrected chi connectivity index (χ1v) is 14.4. The van der Waals surface area contributed by atoms with Crippen LogP contribution in [0.2, 0.25) is 0 Å². The largest absolute Gasteiger partial charge is 0.461 e. The van der Waals surface area contributed by atoms with Crippen LogP contribution in [0.5, 0.6) is 0 Å². The second kappa shape index (κ2) is 11.9. The molecule has 0 spiro atoms. The van der Waals surface area contributed by atoms with Crippen LogP contribution < -0.4 is 0 Å². The van der Waals surface area contributed by atoms with Crippen LogP contribution in [0.4, 0.5) is 0 Å². The Labute approximate surface area is 246 Å². The second-order valence-corrected chi connectivity index (χ2v) is 12.4. The Bertz CT molecular complexity index is 1320. The molecule has 0 amide bonds. The molecule has 226 valence electrons. The number of esters is 4. The average Bonchev–Trinajstić information content (AvgIpc) is 3.30. The van der Waals surface area contributed by atoms with Gasteiger partial charge in [0.05, 0.1) is 11.5 Å².